The maximum atomic E-state index is 4.44. The van der Waals surface area contributed by atoms with Crippen molar-refractivity contribution in [2.24, 2.45) is 0 Å². The Hall–Kier alpha value is -1.53. The Morgan fingerprint density at radius 1 is 1.15 bits per heavy atom. The fourth-order valence-corrected chi connectivity index (χ4v) is 3.63. The fourth-order valence-electron chi connectivity index (χ4n) is 3.63. The van der Waals surface area contributed by atoms with Gasteiger partial charge in [-0.2, -0.15) is 0 Å². The van der Waals surface area contributed by atoms with E-state index in [1.165, 1.54) is 32.2 Å². The van der Waals surface area contributed by atoms with E-state index in [0.717, 1.165) is 24.6 Å². The average molecular weight is 272 g/mol. The maximum absolute atomic E-state index is 4.44. The van der Waals surface area contributed by atoms with Crippen LogP contribution in [0.3, 0.4) is 0 Å². The van der Waals surface area contributed by atoms with Crippen LogP contribution in [0.4, 0.5) is 0 Å². The lowest BCUT2D eigenvalue weighted by molar-refractivity contribution is 0.143. The number of aromatic nitrogens is 4. The van der Waals surface area contributed by atoms with Crippen LogP contribution in [0, 0.1) is 0 Å². The molecule has 4 rings (SSSR count). The number of likely N-dealkylation sites (tertiary alicyclic amines) is 1. The molecule has 2 aliphatic rings. The monoisotopic (exact) mass is 272 g/mol. The van der Waals surface area contributed by atoms with Crippen molar-refractivity contribution in [2.75, 3.05) is 19.6 Å². The van der Waals surface area contributed by atoms with Crippen molar-refractivity contribution in [1.82, 2.24) is 29.8 Å². The Labute approximate surface area is 118 Å². The first-order chi connectivity index (χ1) is 9.93. The maximum Gasteiger partial charge on any atom is 0.163 e. The lowest BCUT2D eigenvalue weighted by Gasteiger charge is -2.35. The van der Waals surface area contributed by atoms with Crippen molar-refractivity contribution < 1.29 is 0 Å². The van der Waals surface area contributed by atoms with Crippen molar-refractivity contribution in [3.8, 4) is 0 Å². The molecule has 0 radical (unpaired) electrons. The minimum atomic E-state index is 0.400. The van der Waals surface area contributed by atoms with E-state index in [9.17, 15) is 0 Å². The quantitative estimate of drug-likeness (QED) is 0.884. The summed E-state index contributed by atoms with van der Waals surface area (Å²) < 4.78 is 2.05. The minimum absolute atomic E-state index is 0.400. The standard InChI is InChI=1S/C14H20N6/c1-2-12(19(9-1)11-3-6-15-7-4-11)14-18-17-13-5-8-16-10-20(13)14/h5,8,10-12,15H,1-4,6-7,9H2. The van der Waals surface area contributed by atoms with Gasteiger partial charge < -0.3 is 5.32 Å². The normalized spacial score (nSPS) is 25.5. The van der Waals surface area contributed by atoms with Gasteiger partial charge in [-0.15, -0.1) is 10.2 Å². The molecule has 20 heavy (non-hydrogen) atoms. The van der Waals surface area contributed by atoms with E-state index in [1.807, 2.05) is 16.8 Å². The third kappa shape index (κ3) is 1.99. The first-order valence-electron chi connectivity index (χ1n) is 7.54. The Balaban J connectivity index is 1.66. The number of hydrogen-bond acceptors (Lipinski definition) is 5. The number of fused-ring (bicyclic) bond motifs is 1. The number of nitrogens with one attached hydrogen (secondary N) is 1. The summed E-state index contributed by atoms with van der Waals surface area (Å²) in [5.41, 5.74) is 0.896. The summed E-state index contributed by atoms with van der Waals surface area (Å²) in [5, 5.41) is 12.2. The SMILES string of the molecule is c1cc2nnc(C3CCCN3C3CCNCC3)n2cn1. The van der Waals surface area contributed by atoms with Gasteiger partial charge in [-0.25, -0.2) is 4.98 Å². The summed E-state index contributed by atoms with van der Waals surface area (Å²) in [6.45, 7) is 3.45. The van der Waals surface area contributed by atoms with Gasteiger partial charge in [0.05, 0.1) is 6.04 Å². The smallest absolute Gasteiger partial charge is 0.163 e. The van der Waals surface area contributed by atoms with E-state index in [2.05, 4.69) is 25.4 Å². The lowest BCUT2D eigenvalue weighted by atomic mass is 10.0. The van der Waals surface area contributed by atoms with Crippen LogP contribution in [0.2, 0.25) is 0 Å². The molecule has 0 bridgehead atoms. The molecule has 4 heterocycles. The molecular formula is C14H20N6. The molecule has 2 fully saturated rings. The molecule has 1 N–H and O–H groups in total. The molecule has 0 spiro atoms. The van der Waals surface area contributed by atoms with E-state index in [1.54, 1.807) is 6.20 Å². The van der Waals surface area contributed by atoms with Crippen LogP contribution >= 0.6 is 0 Å². The van der Waals surface area contributed by atoms with Crippen LogP contribution in [-0.2, 0) is 0 Å². The molecule has 0 saturated carbocycles. The highest BCUT2D eigenvalue weighted by atomic mass is 15.3. The van der Waals surface area contributed by atoms with Gasteiger partial charge >= 0.3 is 0 Å². The first-order valence-corrected chi connectivity index (χ1v) is 7.54. The van der Waals surface area contributed by atoms with E-state index < -0.39 is 0 Å². The van der Waals surface area contributed by atoms with Gasteiger partial charge in [0.1, 0.15) is 6.33 Å². The highest BCUT2D eigenvalue weighted by molar-refractivity contribution is 5.35. The minimum Gasteiger partial charge on any atom is -0.317 e. The van der Waals surface area contributed by atoms with Gasteiger partial charge in [0, 0.05) is 18.3 Å². The Bertz CT molecular complexity index is 588. The molecule has 6 nitrogen and oxygen atoms in total. The number of piperidine rings is 1. The van der Waals surface area contributed by atoms with Gasteiger partial charge in [-0.1, -0.05) is 0 Å². The first kappa shape index (κ1) is 12.2. The molecule has 0 amide bonds. The molecule has 2 aromatic heterocycles. The van der Waals surface area contributed by atoms with Crippen molar-refractivity contribution >= 4 is 5.65 Å². The van der Waals surface area contributed by atoms with Crippen LogP contribution in [0.5, 0.6) is 0 Å². The van der Waals surface area contributed by atoms with E-state index in [4.69, 9.17) is 0 Å². The van der Waals surface area contributed by atoms with E-state index in [0.29, 0.717) is 12.1 Å². The molecule has 2 aliphatic heterocycles. The fraction of sp³-hybridized carbons (Fsp3) is 0.643. The van der Waals surface area contributed by atoms with Crippen LogP contribution in [0.15, 0.2) is 18.6 Å². The molecule has 1 atom stereocenters. The summed E-state index contributed by atoms with van der Waals surface area (Å²) in [4.78, 5) is 6.85. The largest absolute Gasteiger partial charge is 0.317 e. The molecule has 0 aliphatic carbocycles. The predicted molar refractivity (Wildman–Crippen MR) is 75.4 cm³/mol. The summed E-state index contributed by atoms with van der Waals surface area (Å²) in [7, 11) is 0. The zero-order valence-electron chi connectivity index (χ0n) is 11.6. The van der Waals surface area contributed by atoms with Crippen molar-refractivity contribution in [1.29, 1.82) is 0 Å². The Kier molecular flexibility index (Phi) is 3.12. The summed E-state index contributed by atoms with van der Waals surface area (Å²) in [5.74, 6) is 1.06. The van der Waals surface area contributed by atoms with Gasteiger partial charge in [-0.3, -0.25) is 9.30 Å². The Morgan fingerprint density at radius 2 is 2.05 bits per heavy atom. The highest BCUT2D eigenvalue weighted by Gasteiger charge is 2.34. The zero-order chi connectivity index (χ0) is 13.4. The predicted octanol–water partition coefficient (Wildman–Crippen LogP) is 1.01. The van der Waals surface area contributed by atoms with Crippen LogP contribution in [-0.4, -0.2) is 50.2 Å². The number of rotatable bonds is 2. The lowest BCUT2D eigenvalue weighted by Crippen LogP contribution is -2.43. The molecule has 2 aromatic rings. The van der Waals surface area contributed by atoms with Crippen molar-refractivity contribution in [3.05, 3.63) is 24.4 Å². The van der Waals surface area contributed by atoms with Crippen molar-refractivity contribution in [3.63, 3.8) is 0 Å². The van der Waals surface area contributed by atoms with Crippen LogP contribution in [0.1, 0.15) is 37.5 Å². The Morgan fingerprint density at radius 3 is 2.95 bits per heavy atom. The van der Waals surface area contributed by atoms with Crippen LogP contribution in [0.25, 0.3) is 5.65 Å². The molecule has 1 unspecified atom stereocenters. The highest BCUT2D eigenvalue weighted by Crippen LogP contribution is 2.34. The third-order valence-corrected chi connectivity index (χ3v) is 4.61. The zero-order valence-corrected chi connectivity index (χ0v) is 11.6. The van der Waals surface area contributed by atoms with Crippen molar-refractivity contribution in [2.45, 2.75) is 37.8 Å². The van der Waals surface area contributed by atoms with Gasteiger partial charge in [0.2, 0.25) is 0 Å². The molecule has 0 aromatic carbocycles. The topological polar surface area (TPSA) is 58.4 Å². The molecule has 6 heteroatoms. The van der Waals surface area contributed by atoms with Gasteiger partial charge in [-0.05, 0) is 45.3 Å². The third-order valence-electron chi connectivity index (χ3n) is 4.61. The summed E-state index contributed by atoms with van der Waals surface area (Å²) >= 11 is 0. The average Bonchev–Trinajstić information content (AvgIpc) is 3.14. The van der Waals surface area contributed by atoms with Gasteiger partial charge in [0.15, 0.2) is 11.5 Å². The van der Waals surface area contributed by atoms with Crippen LogP contribution < -0.4 is 5.32 Å². The summed E-state index contributed by atoms with van der Waals surface area (Å²) in [6.07, 6.45) is 8.52. The van der Waals surface area contributed by atoms with E-state index in [-0.39, 0.29) is 0 Å². The summed E-state index contributed by atoms with van der Waals surface area (Å²) in [6, 6.07) is 3.01. The molecule has 2 saturated heterocycles. The van der Waals surface area contributed by atoms with E-state index >= 15 is 0 Å². The van der Waals surface area contributed by atoms with Gasteiger partial charge in [0.25, 0.3) is 0 Å². The second-order valence-corrected chi connectivity index (χ2v) is 5.74. The number of hydrogen-bond donors (Lipinski definition) is 1. The second kappa shape index (κ2) is 5.10. The molecular weight excluding hydrogens is 252 g/mol. The molecule has 106 valence electrons. The second-order valence-electron chi connectivity index (χ2n) is 5.74. The number of nitrogens with zero attached hydrogens (tertiary/aromatic N) is 5.